The van der Waals surface area contributed by atoms with Crippen LogP contribution in [0.25, 0.3) is 5.57 Å². The number of methoxy groups -OCH3 is 1. The third-order valence-corrected chi connectivity index (χ3v) is 7.16. The molecule has 2 amide bonds. The van der Waals surface area contributed by atoms with E-state index in [0.717, 1.165) is 16.7 Å². The maximum Gasteiger partial charge on any atom is 0.238 e. The van der Waals surface area contributed by atoms with Gasteiger partial charge < -0.3 is 4.74 Å². The number of imide groups is 1. The maximum absolute atomic E-state index is 13.7. The van der Waals surface area contributed by atoms with Crippen molar-refractivity contribution in [2.75, 3.05) is 12.0 Å². The van der Waals surface area contributed by atoms with Gasteiger partial charge in [-0.05, 0) is 34.4 Å². The van der Waals surface area contributed by atoms with Gasteiger partial charge in [0.05, 0.1) is 24.6 Å². The van der Waals surface area contributed by atoms with Crippen molar-refractivity contribution in [1.82, 2.24) is 0 Å². The second-order valence-corrected chi connectivity index (χ2v) is 8.73. The van der Waals surface area contributed by atoms with Crippen LogP contribution in [0.5, 0.6) is 5.75 Å². The predicted octanol–water partition coefficient (Wildman–Crippen LogP) is 5.12. The van der Waals surface area contributed by atoms with Crippen molar-refractivity contribution in [2.45, 2.75) is 0 Å². The minimum Gasteiger partial charge on any atom is -0.495 e. The van der Waals surface area contributed by atoms with Crippen LogP contribution < -0.4 is 9.64 Å². The number of hydrogen-bond donors (Lipinski definition) is 0. The average molecular weight is 434 g/mol. The molecule has 33 heavy (non-hydrogen) atoms. The summed E-state index contributed by atoms with van der Waals surface area (Å²) in [6.45, 7) is 0. The number of allylic oxidation sites excluding steroid dienone is 3. The molecule has 4 heteroatoms. The molecule has 162 valence electrons. The van der Waals surface area contributed by atoms with E-state index < -0.39 is 0 Å². The number of nitrogens with zero attached hydrogens (tertiary/aromatic N) is 1. The minimum absolute atomic E-state index is 0.0911. The lowest BCUT2D eigenvalue weighted by Crippen LogP contribution is -2.33. The molecule has 2 aliphatic carbocycles. The Hall–Kier alpha value is -3.92. The zero-order valence-electron chi connectivity index (χ0n) is 18.2. The highest BCUT2D eigenvalue weighted by atomic mass is 16.5. The zero-order chi connectivity index (χ0) is 22.5. The zero-order valence-corrected chi connectivity index (χ0v) is 18.2. The molecule has 2 bridgehead atoms. The van der Waals surface area contributed by atoms with Crippen molar-refractivity contribution in [3.8, 4) is 5.75 Å². The maximum atomic E-state index is 13.7. The Balaban J connectivity index is 1.49. The first kappa shape index (κ1) is 19.7. The van der Waals surface area contributed by atoms with Crippen molar-refractivity contribution in [3.05, 3.63) is 114 Å². The summed E-state index contributed by atoms with van der Waals surface area (Å²) in [6, 6.07) is 27.8. The van der Waals surface area contributed by atoms with E-state index in [2.05, 4.69) is 36.4 Å². The van der Waals surface area contributed by atoms with E-state index in [-0.39, 0.29) is 35.5 Å². The number of carbonyl (C=O) groups is 2. The van der Waals surface area contributed by atoms with Gasteiger partial charge in [-0.2, -0.15) is 0 Å². The van der Waals surface area contributed by atoms with Crippen molar-refractivity contribution in [1.29, 1.82) is 0 Å². The van der Waals surface area contributed by atoms with Crippen molar-refractivity contribution in [3.63, 3.8) is 0 Å². The fourth-order valence-corrected chi connectivity index (χ4v) is 5.86. The van der Waals surface area contributed by atoms with Crippen LogP contribution in [0.2, 0.25) is 0 Å². The Morgan fingerprint density at radius 2 is 1.18 bits per heavy atom. The van der Waals surface area contributed by atoms with E-state index in [1.807, 2.05) is 48.5 Å². The highest BCUT2D eigenvalue weighted by molar-refractivity contribution is 6.24. The van der Waals surface area contributed by atoms with Gasteiger partial charge in [-0.25, -0.2) is 4.90 Å². The largest absolute Gasteiger partial charge is 0.495 e. The predicted molar refractivity (Wildman–Crippen MR) is 127 cm³/mol. The van der Waals surface area contributed by atoms with Gasteiger partial charge in [0.15, 0.2) is 0 Å². The smallest absolute Gasteiger partial charge is 0.238 e. The molecular formula is C29H23NO3. The molecule has 1 heterocycles. The molecule has 3 aliphatic rings. The van der Waals surface area contributed by atoms with Crippen LogP contribution in [-0.2, 0) is 9.59 Å². The molecule has 0 radical (unpaired) electrons. The molecule has 0 spiro atoms. The fraction of sp³-hybridized carbons (Fsp3) is 0.172. The van der Waals surface area contributed by atoms with Gasteiger partial charge in [-0.3, -0.25) is 9.59 Å². The number of amides is 2. The molecule has 4 nitrogen and oxygen atoms in total. The fourth-order valence-electron chi connectivity index (χ4n) is 5.86. The van der Waals surface area contributed by atoms with E-state index in [0.29, 0.717) is 11.4 Å². The van der Waals surface area contributed by atoms with Gasteiger partial charge in [0, 0.05) is 11.8 Å². The molecule has 6 rings (SSSR count). The number of fused-ring (bicyclic) bond motifs is 5. The van der Waals surface area contributed by atoms with Crippen molar-refractivity contribution >= 4 is 23.1 Å². The number of ether oxygens (including phenoxy) is 1. The Kier molecular flexibility index (Phi) is 4.54. The molecule has 0 aromatic heterocycles. The lowest BCUT2D eigenvalue weighted by atomic mass is 9.85. The third-order valence-electron chi connectivity index (χ3n) is 7.16. The number of para-hydroxylation sites is 2. The van der Waals surface area contributed by atoms with Crippen molar-refractivity contribution < 1.29 is 14.3 Å². The molecular weight excluding hydrogens is 410 g/mol. The van der Waals surface area contributed by atoms with Gasteiger partial charge in [0.25, 0.3) is 0 Å². The number of hydrogen-bond acceptors (Lipinski definition) is 3. The summed E-state index contributed by atoms with van der Waals surface area (Å²) in [5.74, 6) is -0.680. The summed E-state index contributed by atoms with van der Waals surface area (Å²) in [6.07, 6.45) is 4.26. The topological polar surface area (TPSA) is 46.6 Å². The summed E-state index contributed by atoms with van der Waals surface area (Å²) in [5, 5.41) is 0. The molecule has 0 N–H and O–H groups in total. The van der Waals surface area contributed by atoms with E-state index in [9.17, 15) is 9.59 Å². The second-order valence-electron chi connectivity index (χ2n) is 8.73. The standard InChI is InChI=1S/C29H23NO3/c1-33-23-15-9-8-14-22(23)30-28(31)26-20-16-17-21(27(26)29(30)32)25(20)24(18-10-4-2-5-11-18)19-12-6-3-7-13-19/h2-17,20-21,26-27H,1H3. The lowest BCUT2D eigenvalue weighted by Gasteiger charge is -2.22. The Morgan fingerprint density at radius 3 is 1.70 bits per heavy atom. The highest BCUT2D eigenvalue weighted by Gasteiger charge is 2.62. The second kappa shape index (κ2) is 7.59. The third kappa shape index (κ3) is 2.83. The summed E-state index contributed by atoms with van der Waals surface area (Å²) >= 11 is 0. The minimum atomic E-state index is -0.380. The van der Waals surface area contributed by atoms with Crippen LogP contribution >= 0.6 is 0 Å². The molecule has 1 aliphatic heterocycles. The SMILES string of the molecule is COc1ccccc1N1C(=O)C2C3C=CC(C3=C(c3ccccc3)c3ccccc3)C2C1=O. The molecule has 4 unspecified atom stereocenters. The Morgan fingerprint density at radius 1 is 0.697 bits per heavy atom. The summed E-state index contributed by atoms with van der Waals surface area (Å²) in [5.41, 5.74) is 5.07. The Bertz CT molecular complexity index is 1230. The highest BCUT2D eigenvalue weighted by Crippen LogP contribution is 2.59. The number of benzene rings is 3. The van der Waals surface area contributed by atoms with Crippen LogP contribution in [0.3, 0.4) is 0 Å². The number of carbonyl (C=O) groups excluding carboxylic acids is 2. The molecule has 3 aromatic rings. The number of anilines is 1. The lowest BCUT2D eigenvalue weighted by molar-refractivity contribution is -0.123. The van der Waals surface area contributed by atoms with Gasteiger partial charge >= 0.3 is 0 Å². The van der Waals surface area contributed by atoms with Crippen LogP contribution in [-0.4, -0.2) is 18.9 Å². The molecule has 1 saturated heterocycles. The van der Waals surface area contributed by atoms with E-state index in [1.54, 1.807) is 19.2 Å². The van der Waals surface area contributed by atoms with Crippen LogP contribution in [0, 0.1) is 23.7 Å². The molecule has 2 fully saturated rings. The van der Waals surface area contributed by atoms with Gasteiger partial charge in [0.1, 0.15) is 5.75 Å². The number of rotatable bonds is 4. The summed E-state index contributed by atoms with van der Waals surface area (Å²) in [4.78, 5) is 28.7. The normalized spacial score (nSPS) is 25.0. The summed E-state index contributed by atoms with van der Waals surface area (Å²) in [7, 11) is 1.56. The van der Waals surface area contributed by atoms with E-state index >= 15 is 0 Å². The first-order chi connectivity index (χ1) is 16.2. The molecule has 3 aromatic carbocycles. The van der Waals surface area contributed by atoms with Crippen LogP contribution in [0.4, 0.5) is 5.69 Å². The van der Waals surface area contributed by atoms with Gasteiger partial charge in [-0.1, -0.05) is 84.9 Å². The molecule has 1 saturated carbocycles. The average Bonchev–Trinajstić information content (AvgIpc) is 3.50. The van der Waals surface area contributed by atoms with E-state index in [1.165, 1.54) is 10.5 Å². The van der Waals surface area contributed by atoms with E-state index in [4.69, 9.17) is 4.74 Å². The van der Waals surface area contributed by atoms with Gasteiger partial charge in [-0.15, -0.1) is 0 Å². The molecule has 4 atom stereocenters. The first-order valence-corrected chi connectivity index (χ1v) is 11.2. The van der Waals surface area contributed by atoms with Crippen LogP contribution in [0.15, 0.2) is 103 Å². The quantitative estimate of drug-likeness (QED) is 0.424. The monoisotopic (exact) mass is 433 g/mol. The first-order valence-electron chi connectivity index (χ1n) is 11.2. The Labute approximate surface area is 192 Å². The van der Waals surface area contributed by atoms with Gasteiger partial charge in [0.2, 0.25) is 11.8 Å². The van der Waals surface area contributed by atoms with Crippen molar-refractivity contribution in [2.24, 2.45) is 23.7 Å². The summed E-state index contributed by atoms with van der Waals surface area (Å²) < 4.78 is 5.45. The van der Waals surface area contributed by atoms with Crippen LogP contribution in [0.1, 0.15) is 11.1 Å².